The summed E-state index contributed by atoms with van der Waals surface area (Å²) in [4.78, 5) is 8.92. The molecule has 0 bridgehead atoms. The van der Waals surface area contributed by atoms with Crippen molar-refractivity contribution in [3.63, 3.8) is 0 Å². The average Bonchev–Trinajstić information content (AvgIpc) is 2.93. The van der Waals surface area contributed by atoms with E-state index in [0.717, 1.165) is 0 Å². The molecule has 0 aliphatic carbocycles. The highest BCUT2D eigenvalue weighted by molar-refractivity contribution is 9.40. The Hall–Kier alpha value is 0.640. The molecule has 1 N–H and O–H groups in total. The first-order chi connectivity index (χ1) is 11.5. The van der Waals surface area contributed by atoms with E-state index in [1.54, 1.807) is 13.2 Å². The lowest BCUT2D eigenvalue weighted by atomic mass is 10.3. The number of nitrogens with zero attached hydrogens (tertiary/aromatic N) is 2. The van der Waals surface area contributed by atoms with Crippen LogP contribution in [-0.4, -0.2) is 30.2 Å². The summed E-state index contributed by atoms with van der Waals surface area (Å²) in [6.07, 6.45) is 2.34. The fourth-order valence-corrected chi connectivity index (χ4v) is 2.86. The highest BCUT2D eigenvalue weighted by Crippen LogP contribution is 2.40. The van der Waals surface area contributed by atoms with Gasteiger partial charge in [-0.3, -0.25) is 0 Å². The summed E-state index contributed by atoms with van der Waals surface area (Å²) in [6, 6.07) is 1.77. The van der Waals surface area contributed by atoms with Crippen molar-refractivity contribution in [2.75, 3.05) is 14.2 Å². The molecule has 0 radical (unpaired) electrons. The van der Waals surface area contributed by atoms with Crippen molar-refractivity contribution in [3.05, 3.63) is 23.7 Å². The number of alkyl halides is 6. The first-order valence-corrected chi connectivity index (χ1v) is 11.3. The molecule has 6 nitrogen and oxygen atoms in total. The van der Waals surface area contributed by atoms with E-state index < -0.39 is 4.29 Å². The number of nitrogens with one attached hydrogen (secondary N) is 1. The van der Waals surface area contributed by atoms with Gasteiger partial charge in [0.05, 0.1) is 14.2 Å². The van der Waals surface area contributed by atoms with E-state index in [9.17, 15) is 0 Å². The normalized spacial score (nSPS) is 17.0. The summed E-state index contributed by atoms with van der Waals surface area (Å²) >= 11 is 20.6. The van der Waals surface area contributed by atoms with Crippen LogP contribution in [0.5, 0.6) is 11.7 Å². The largest absolute Gasteiger partial charge is 0.490 e. The summed E-state index contributed by atoms with van der Waals surface area (Å²) in [7, 11) is 3.08. The van der Waals surface area contributed by atoms with Crippen molar-refractivity contribution in [3.8, 4) is 11.7 Å². The summed E-state index contributed by atoms with van der Waals surface area (Å²) in [5, 5.41) is 3.13. The molecule has 1 aromatic heterocycles. The molecule has 12 heteroatoms. The topological polar surface area (TPSA) is 68.4 Å². The van der Waals surface area contributed by atoms with Crippen molar-refractivity contribution in [1.82, 2.24) is 5.32 Å². The second-order valence-electron chi connectivity index (χ2n) is 4.58. The van der Waals surface area contributed by atoms with Crippen LogP contribution in [0, 0.1) is 0 Å². The van der Waals surface area contributed by atoms with E-state index in [-0.39, 0.29) is 0 Å². The Labute approximate surface area is 195 Å². The SMILES string of the molecule is COc1cc(C/C=C2/N=C(C(Br)(Br)Br)N=C(C(Br)(Br)Br)N2)oc1OC. The number of furan rings is 1. The van der Waals surface area contributed by atoms with Crippen molar-refractivity contribution in [2.45, 2.75) is 10.7 Å². The lowest BCUT2D eigenvalue weighted by Gasteiger charge is -2.24. The highest BCUT2D eigenvalue weighted by atomic mass is 80.0. The van der Waals surface area contributed by atoms with Crippen LogP contribution in [0.15, 0.2) is 32.4 Å². The number of hydrogen-bond donors (Lipinski definition) is 1. The number of aliphatic imine (C=N–C) groups is 2. The molecular weight excluding hydrogens is 726 g/mol. The van der Waals surface area contributed by atoms with Crippen LogP contribution in [0.4, 0.5) is 0 Å². The van der Waals surface area contributed by atoms with Crippen LogP contribution < -0.4 is 14.8 Å². The van der Waals surface area contributed by atoms with Crippen LogP contribution in [0.1, 0.15) is 5.76 Å². The third-order valence-electron chi connectivity index (χ3n) is 2.83. The van der Waals surface area contributed by atoms with Gasteiger partial charge in [0.25, 0.3) is 0 Å². The maximum absolute atomic E-state index is 5.58. The van der Waals surface area contributed by atoms with Crippen LogP contribution in [0.2, 0.25) is 0 Å². The monoisotopic (exact) mass is 731 g/mol. The number of allylic oxidation sites excluding steroid dienone is 1. The first-order valence-electron chi connectivity index (χ1n) is 6.54. The number of amidine groups is 2. The third kappa shape index (κ3) is 6.06. The van der Waals surface area contributed by atoms with Crippen LogP contribution in [0.25, 0.3) is 0 Å². The Morgan fingerprint density at radius 1 is 1.08 bits per heavy atom. The van der Waals surface area contributed by atoms with Gasteiger partial charge < -0.3 is 19.2 Å². The molecule has 1 aliphatic heterocycles. The Kier molecular flexibility index (Phi) is 7.69. The molecule has 138 valence electrons. The molecule has 25 heavy (non-hydrogen) atoms. The van der Waals surface area contributed by atoms with E-state index in [2.05, 4.69) is 111 Å². The first kappa shape index (κ1) is 21.9. The molecule has 0 spiro atoms. The summed E-state index contributed by atoms with van der Waals surface area (Å²) in [5.74, 6) is 3.19. The van der Waals surface area contributed by atoms with Gasteiger partial charge in [0.15, 0.2) is 10.1 Å². The van der Waals surface area contributed by atoms with E-state index in [4.69, 9.17) is 13.9 Å². The van der Waals surface area contributed by atoms with Crippen LogP contribution in [0.3, 0.4) is 0 Å². The van der Waals surface area contributed by atoms with Gasteiger partial charge in [0, 0.05) is 12.5 Å². The molecule has 2 rings (SSSR count). The number of halogens is 6. The minimum atomic E-state index is -0.755. The molecule has 0 amide bonds. The lowest BCUT2D eigenvalue weighted by Crippen LogP contribution is -2.38. The van der Waals surface area contributed by atoms with Crippen molar-refractivity contribution in [1.29, 1.82) is 0 Å². The Morgan fingerprint density at radius 3 is 2.24 bits per heavy atom. The molecule has 0 fully saturated rings. The maximum Gasteiger partial charge on any atom is 0.328 e. The Morgan fingerprint density at radius 2 is 1.76 bits per heavy atom. The summed E-state index contributed by atoms with van der Waals surface area (Å²) in [5.41, 5.74) is 0. The highest BCUT2D eigenvalue weighted by Gasteiger charge is 2.35. The Bertz CT molecular complexity index is 709. The van der Waals surface area contributed by atoms with Crippen molar-refractivity contribution < 1.29 is 13.9 Å². The van der Waals surface area contributed by atoms with E-state index >= 15 is 0 Å². The molecule has 0 aromatic carbocycles. The molecule has 0 saturated carbocycles. The number of hydrogen-bond acceptors (Lipinski definition) is 6. The Balaban J connectivity index is 2.28. The minimum absolute atomic E-state index is 0.333. The minimum Gasteiger partial charge on any atom is -0.490 e. The van der Waals surface area contributed by atoms with E-state index in [1.807, 2.05) is 6.08 Å². The maximum atomic E-state index is 5.58. The lowest BCUT2D eigenvalue weighted by molar-refractivity contribution is 0.273. The third-order valence-corrected chi connectivity index (χ3v) is 5.02. The number of methoxy groups -OCH3 is 2. The molecule has 2 heterocycles. The van der Waals surface area contributed by atoms with E-state index in [0.29, 0.717) is 41.4 Å². The van der Waals surface area contributed by atoms with Crippen LogP contribution in [-0.2, 0) is 6.42 Å². The van der Waals surface area contributed by atoms with E-state index in [1.165, 1.54) is 7.11 Å². The zero-order chi connectivity index (χ0) is 18.8. The zero-order valence-electron chi connectivity index (χ0n) is 12.7. The van der Waals surface area contributed by atoms with Gasteiger partial charge in [0.2, 0.25) is 5.75 Å². The van der Waals surface area contributed by atoms with Gasteiger partial charge in [-0.05, 0) is 6.08 Å². The second-order valence-corrected chi connectivity index (χ2v) is 18.1. The van der Waals surface area contributed by atoms with Gasteiger partial charge >= 0.3 is 5.95 Å². The second kappa shape index (κ2) is 8.76. The molecule has 1 aromatic rings. The molecule has 0 saturated heterocycles. The fraction of sp³-hybridized carbons (Fsp3) is 0.385. The molecule has 0 atom stereocenters. The van der Waals surface area contributed by atoms with Gasteiger partial charge in [0.1, 0.15) is 17.4 Å². The average molecular weight is 737 g/mol. The van der Waals surface area contributed by atoms with Crippen molar-refractivity contribution in [2.24, 2.45) is 9.98 Å². The zero-order valence-corrected chi connectivity index (χ0v) is 22.3. The predicted molar refractivity (Wildman–Crippen MR) is 121 cm³/mol. The molecular formula is C13H11Br6N3O3. The number of ether oxygens (including phenoxy) is 2. The fourth-order valence-electron chi connectivity index (χ4n) is 1.77. The van der Waals surface area contributed by atoms with Gasteiger partial charge in [-0.15, -0.1) is 0 Å². The van der Waals surface area contributed by atoms with Gasteiger partial charge in [-0.2, -0.15) is 0 Å². The quantitative estimate of drug-likeness (QED) is 0.400. The molecule has 0 unspecified atom stereocenters. The van der Waals surface area contributed by atoms with Gasteiger partial charge in [-0.25, -0.2) is 9.98 Å². The summed E-state index contributed by atoms with van der Waals surface area (Å²) in [6.45, 7) is 0. The smallest absolute Gasteiger partial charge is 0.328 e. The predicted octanol–water partition coefficient (Wildman–Crippen LogP) is 5.76. The number of rotatable bonds is 4. The van der Waals surface area contributed by atoms with Crippen LogP contribution >= 0.6 is 95.6 Å². The standard InChI is InChI=1S/C13H11Br6N3O3/c1-23-7-5-6(25-9(7)24-2)3-4-8-20-10(12(14,15)16)22-11(21-8)13(17,18)19/h4-5H,3H2,1-2H3,(H,20,21,22). The molecule has 1 aliphatic rings. The summed E-state index contributed by atoms with van der Waals surface area (Å²) < 4.78 is 14.4. The van der Waals surface area contributed by atoms with Gasteiger partial charge in [-0.1, -0.05) is 95.6 Å². The van der Waals surface area contributed by atoms with Crippen molar-refractivity contribution >= 4 is 107 Å².